The highest BCUT2D eigenvalue weighted by atomic mass is 15.5. The SMILES string of the molecule is Cc1nc(-n2nc(-c3cccnc3)nc2C2Cc3ccncc3C2)n(C)n1. The minimum absolute atomic E-state index is 0.221. The number of aryl methyl sites for hydroxylation is 2. The van der Waals surface area contributed by atoms with Gasteiger partial charge >= 0.3 is 0 Å². The Morgan fingerprint density at radius 1 is 0.963 bits per heavy atom. The van der Waals surface area contributed by atoms with Crippen molar-refractivity contribution in [3.8, 4) is 17.3 Å². The minimum atomic E-state index is 0.221. The number of nitrogens with zero attached hydrogens (tertiary/aromatic N) is 8. The highest BCUT2D eigenvalue weighted by Crippen LogP contribution is 2.34. The summed E-state index contributed by atoms with van der Waals surface area (Å²) in [7, 11) is 1.87. The molecule has 27 heavy (non-hydrogen) atoms. The van der Waals surface area contributed by atoms with E-state index in [0.29, 0.717) is 17.6 Å². The van der Waals surface area contributed by atoms with Gasteiger partial charge in [0.2, 0.25) is 0 Å². The molecular formula is C19H18N8. The van der Waals surface area contributed by atoms with Gasteiger partial charge in [0, 0.05) is 43.3 Å². The first-order valence-electron chi connectivity index (χ1n) is 8.86. The fourth-order valence-corrected chi connectivity index (χ4v) is 3.66. The van der Waals surface area contributed by atoms with E-state index in [0.717, 1.165) is 24.2 Å². The quantitative estimate of drug-likeness (QED) is 0.557. The zero-order valence-corrected chi connectivity index (χ0v) is 15.1. The predicted octanol–water partition coefficient (Wildman–Crippen LogP) is 2.04. The lowest BCUT2D eigenvalue weighted by molar-refractivity contribution is 0.609. The van der Waals surface area contributed by atoms with E-state index in [-0.39, 0.29) is 5.92 Å². The van der Waals surface area contributed by atoms with E-state index >= 15 is 0 Å². The van der Waals surface area contributed by atoms with Crippen LogP contribution in [0.3, 0.4) is 0 Å². The van der Waals surface area contributed by atoms with Crippen LogP contribution in [0.15, 0.2) is 43.0 Å². The third-order valence-corrected chi connectivity index (χ3v) is 4.89. The van der Waals surface area contributed by atoms with Crippen LogP contribution in [0.4, 0.5) is 0 Å². The minimum Gasteiger partial charge on any atom is -0.264 e. The van der Waals surface area contributed by atoms with Crippen molar-refractivity contribution in [2.45, 2.75) is 25.7 Å². The highest BCUT2D eigenvalue weighted by Gasteiger charge is 2.30. The molecule has 1 aliphatic carbocycles. The molecule has 5 rings (SSSR count). The maximum Gasteiger partial charge on any atom is 0.250 e. The van der Waals surface area contributed by atoms with E-state index in [2.05, 4.69) is 26.1 Å². The summed E-state index contributed by atoms with van der Waals surface area (Å²) in [6.07, 6.45) is 9.13. The van der Waals surface area contributed by atoms with Crippen LogP contribution >= 0.6 is 0 Å². The standard InChI is InChI=1S/C19H18N8/c1-12-22-19(26(2)24-12)27-18(15-8-13-5-7-21-11-16(13)9-15)23-17(25-27)14-4-3-6-20-10-14/h3-7,10-11,15H,8-9H2,1-2H3. The maximum atomic E-state index is 4.88. The van der Waals surface area contributed by atoms with Gasteiger partial charge < -0.3 is 0 Å². The summed E-state index contributed by atoms with van der Waals surface area (Å²) in [5.41, 5.74) is 3.48. The van der Waals surface area contributed by atoms with Gasteiger partial charge in [-0.25, -0.2) is 9.67 Å². The van der Waals surface area contributed by atoms with E-state index < -0.39 is 0 Å². The van der Waals surface area contributed by atoms with Crippen LogP contribution in [-0.4, -0.2) is 39.5 Å². The monoisotopic (exact) mass is 358 g/mol. The Balaban J connectivity index is 1.63. The van der Waals surface area contributed by atoms with Crippen molar-refractivity contribution < 1.29 is 0 Å². The van der Waals surface area contributed by atoms with Crippen molar-refractivity contribution in [2.24, 2.45) is 7.05 Å². The lowest BCUT2D eigenvalue weighted by Gasteiger charge is -2.09. The summed E-state index contributed by atoms with van der Waals surface area (Å²) < 4.78 is 3.57. The van der Waals surface area contributed by atoms with Gasteiger partial charge in [-0.3, -0.25) is 9.97 Å². The zero-order valence-electron chi connectivity index (χ0n) is 15.1. The lowest BCUT2D eigenvalue weighted by Crippen LogP contribution is -2.13. The molecule has 8 nitrogen and oxygen atoms in total. The van der Waals surface area contributed by atoms with Crippen LogP contribution in [0.5, 0.6) is 0 Å². The van der Waals surface area contributed by atoms with Gasteiger partial charge in [-0.1, -0.05) is 0 Å². The third-order valence-electron chi connectivity index (χ3n) is 4.89. The molecule has 0 amide bonds. The van der Waals surface area contributed by atoms with Gasteiger partial charge in [-0.2, -0.15) is 14.8 Å². The second-order valence-corrected chi connectivity index (χ2v) is 6.78. The number of hydrogen-bond donors (Lipinski definition) is 0. The van der Waals surface area contributed by atoms with Gasteiger partial charge in [0.1, 0.15) is 11.6 Å². The number of hydrogen-bond acceptors (Lipinski definition) is 6. The van der Waals surface area contributed by atoms with Gasteiger partial charge in [-0.05, 0) is 49.1 Å². The molecule has 0 aromatic carbocycles. The Hall–Kier alpha value is -3.42. The Morgan fingerprint density at radius 2 is 1.81 bits per heavy atom. The van der Waals surface area contributed by atoms with Crippen molar-refractivity contribution in [1.82, 2.24) is 39.5 Å². The molecule has 0 aliphatic heterocycles. The molecule has 1 aliphatic rings. The van der Waals surface area contributed by atoms with E-state index in [4.69, 9.17) is 10.1 Å². The van der Waals surface area contributed by atoms with E-state index in [1.807, 2.05) is 43.2 Å². The first kappa shape index (κ1) is 15.8. The van der Waals surface area contributed by atoms with Gasteiger partial charge in [0.05, 0.1) is 0 Å². The molecular weight excluding hydrogens is 340 g/mol. The molecule has 1 atom stereocenters. The second kappa shape index (κ2) is 6.08. The summed E-state index contributed by atoms with van der Waals surface area (Å²) in [6, 6.07) is 5.94. The molecule has 0 spiro atoms. The average Bonchev–Trinajstić information content (AvgIpc) is 3.38. The normalized spacial score (nSPS) is 15.9. The Labute approximate surface area is 156 Å². The molecule has 0 fully saturated rings. The van der Waals surface area contributed by atoms with Crippen molar-refractivity contribution in [3.63, 3.8) is 0 Å². The van der Waals surface area contributed by atoms with Crippen LogP contribution in [0, 0.1) is 6.92 Å². The van der Waals surface area contributed by atoms with Crippen molar-refractivity contribution >= 4 is 0 Å². The zero-order chi connectivity index (χ0) is 18.4. The van der Waals surface area contributed by atoms with Gasteiger partial charge in [-0.15, -0.1) is 5.10 Å². The number of rotatable bonds is 3. The summed E-state index contributed by atoms with van der Waals surface area (Å²) in [5.74, 6) is 3.13. The van der Waals surface area contributed by atoms with E-state index in [1.165, 1.54) is 11.1 Å². The number of pyridine rings is 2. The summed E-state index contributed by atoms with van der Waals surface area (Å²) in [5, 5.41) is 9.13. The van der Waals surface area contributed by atoms with Crippen LogP contribution in [0.25, 0.3) is 17.3 Å². The smallest absolute Gasteiger partial charge is 0.250 e. The molecule has 0 radical (unpaired) electrons. The summed E-state index contributed by atoms with van der Waals surface area (Å²) >= 11 is 0. The number of fused-ring (bicyclic) bond motifs is 1. The summed E-state index contributed by atoms with van der Waals surface area (Å²) in [6.45, 7) is 1.87. The molecule has 0 saturated heterocycles. The van der Waals surface area contributed by atoms with Crippen molar-refractivity contribution in [1.29, 1.82) is 0 Å². The van der Waals surface area contributed by atoms with Crippen LogP contribution in [-0.2, 0) is 19.9 Å². The second-order valence-electron chi connectivity index (χ2n) is 6.78. The third kappa shape index (κ3) is 2.69. The van der Waals surface area contributed by atoms with Gasteiger partial charge in [0.25, 0.3) is 5.95 Å². The molecule has 8 heteroatoms. The summed E-state index contributed by atoms with van der Waals surface area (Å²) in [4.78, 5) is 17.9. The van der Waals surface area contributed by atoms with E-state index in [1.54, 1.807) is 17.1 Å². The highest BCUT2D eigenvalue weighted by molar-refractivity contribution is 5.53. The lowest BCUT2D eigenvalue weighted by atomic mass is 10.1. The molecule has 0 saturated carbocycles. The van der Waals surface area contributed by atoms with Crippen molar-refractivity contribution in [2.75, 3.05) is 0 Å². The topological polar surface area (TPSA) is 87.2 Å². The average molecular weight is 358 g/mol. The van der Waals surface area contributed by atoms with Crippen LogP contribution in [0.2, 0.25) is 0 Å². The Morgan fingerprint density at radius 3 is 2.56 bits per heavy atom. The fraction of sp³-hybridized carbons (Fsp3) is 0.263. The molecule has 4 aromatic heterocycles. The maximum absolute atomic E-state index is 4.88. The molecule has 134 valence electrons. The molecule has 1 unspecified atom stereocenters. The molecule has 0 bridgehead atoms. The predicted molar refractivity (Wildman–Crippen MR) is 98.3 cm³/mol. The van der Waals surface area contributed by atoms with Gasteiger partial charge in [0.15, 0.2) is 5.82 Å². The van der Waals surface area contributed by atoms with E-state index in [9.17, 15) is 0 Å². The fourth-order valence-electron chi connectivity index (χ4n) is 3.66. The first-order valence-corrected chi connectivity index (χ1v) is 8.86. The van der Waals surface area contributed by atoms with Crippen LogP contribution in [0.1, 0.15) is 28.7 Å². The first-order chi connectivity index (χ1) is 13.2. The molecule has 4 aromatic rings. The molecule has 4 heterocycles. The Kier molecular flexibility index (Phi) is 3.56. The Bertz CT molecular complexity index is 1090. The molecule has 0 N–H and O–H groups in total. The largest absolute Gasteiger partial charge is 0.264 e. The van der Waals surface area contributed by atoms with Crippen LogP contribution < -0.4 is 0 Å². The van der Waals surface area contributed by atoms with Crippen molar-refractivity contribution in [3.05, 3.63) is 65.8 Å². The number of aromatic nitrogens is 8.